The topological polar surface area (TPSA) is 132 Å². The molecule has 2 aromatic heterocycles. The largest absolute Gasteiger partial charge is 0.496 e. The molecule has 0 bridgehead atoms. The van der Waals surface area contributed by atoms with Crippen molar-refractivity contribution in [2.45, 2.75) is 38.4 Å². The number of hydrogen-bond acceptors (Lipinski definition) is 14. The van der Waals surface area contributed by atoms with Crippen LogP contribution < -0.4 is 9.47 Å². The van der Waals surface area contributed by atoms with Crippen LogP contribution in [0.5, 0.6) is 11.5 Å². The highest BCUT2D eigenvalue weighted by Crippen LogP contribution is 2.45. The van der Waals surface area contributed by atoms with Crippen LogP contribution in [-0.2, 0) is 0 Å². The van der Waals surface area contributed by atoms with Gasteiger partial charge in [0, 0.05) is 37.3 Å². The standard InChI is InChI=1S/C32H36N12O2S4/c1-19-35-37-29(49-19)33-31(43-27(47-21(3)39-43)23-11-7-9-13-25(23)45-5)41-15-17-42(18-16-41)32(34-30-38-36-20(2)50-30)44-28(48-22(4)40-44)24-12-8-10-14-26(24)46-6/h7-14,27-28H,15-18H2,1-6H3/b33-31+,34-32+. The van der Waals surface area contributed by atoms with E-state index in [1.807, 2.05) is 74.1 Å². The molecule has 18 heteroatoms. The maximum absolute atomic E-state index is 5.77. The van der Waals surface area contributed by atoms with Gasteiger partial charge in [0.2, 0.25) is 22.2 Å². The zero-order chi connectivity index (χ0) is 34.8. The predicted octanol–water partition coefficient (Wildman–Crippen LogP) is 6.48. The number of nitrogens with zero attached hydrogens (tertiary/aromatic N) is 12. The van der Waals surface area contributed by atoms with E-state index in [0.29, 0.717) is 48.4 Å². The molecule has 0 saturated carbocycles. The lowest BCUT2D eigenvalue weighted by Crippen LogP contribution is -2.56. The Labute approximate surface area is 307 Å². The van der Waals surface area contributed by atoms with E-state index in [2.05, 4.69) is 42.3 Å². The van der Waals surface area contributed by atoms with E-state index in [1.54, 1.807) is 37.7 Å². The van der Waals surface area contributed by atoms with E-state index in [1.165, 1.54) is 22.7 Å². The summed E-state index contributed by atoms with van der Waals surface area (Å²) in [7, 11) is 3.39. The normalized spacial score (nSPS) is 20.0. The molecular formula is C32H36N12O2S4. The van der Waals surface area contributed by atoms with Crippen LogP contribution in [0, 0.1) is 13.8 Å². The van der Waals surface area contributed by atoms with E-state index in [0.717, 1.165) is 42.7 Å². The van der Waals surface area contributed by atoms with Crippen LogP contribution in [0.1, 0.15) is 45.7 Å². The van der Waals surface area contributed by atoms with E-state index >= 15 is 0 Å². The van der Waals surface area contributed by atoms with Gasteiger partial charge in [0.25, 0.3) is 0 Å². The number of piperazine rings is 1. The minimum Gasteiger partial charge on any atom is -0.496 e. The van der Waals surface area contributed by atoms with Crippen molar-refractivity contribution in [3.05, 3.63) is 69.7 Å². The number of para-hydroxylation sites is 2. The fourth-order valence-corrected chi connectivity index (χ4v) is 8.93. The van der Waals surface area contributed by atoms with Crippen LogP contribution in [0.15, 0.2) is 68.7 Å². The summed E-state index contributed by atoms with van der Waals surface area (Å²) >= 11 is 6.25. The molecule has 0 N–H and O–H groups in total. The summed E-state index contributed by atoms with van der Waals surface area (Å²) in [5.41, 5.74) is 2.04. The molecule has 14 nitrogen and oxygen atoms in total. The Hall–Kier alpha value is -4.26. The smallest absolute Gasteiger partial charge is 0.234 e. The summed E-state index contributed by atoms with van der Waals surface area (Å²) in [5.74, 6) is 3.01. The number of ether oxygens (including phenoxy) is 2. The van der Waals surface area contributed by atoms with E-state index < -0.39 is 0 Å². The molecule has 0 aliphatic carbocycles. The molecule has 1 fully saturated rings. The third kappa shape index (κ3) is 7.15. The molecule has 3 aliphatic heterocycles. The summed E-state index contributed by atoms with van der Waals surface area (Å²) in [6.45, 7) is 10.5. The number of rotatable bonds is 6. The minimum atomic E-state index is -0.171. The lowest BCUT2D eigenvalue weighted by molar-refractivity contribution is 0.208. The van der Waals surface area contributed by atoms with Gasteiger partial charge in [-0.05, 0) is 39.8 Å². The van der Waals surface area contributed by atoms with Crippen LogP contribution in [0.2, 0.25) is 0 Å². The second-order valence-corrected chi connectivity index (χ2v) is 16.2. The second-order valence-electron chi connectivity index (χ2n) is 11.4. The highest BCUT2D eigenvalue weighted by Gasteiger charge is 2.39. The van der Waals surface area contributed by atoms with Gasteiger partial charge < -0.3 is 19.3 Å². The molecule has 5 heterocycles. The van der Waals surface area contributed by atoms with Gasteiger partial charge in [-0.25, -0.2) is 10.0 Å². The number of benzene rings is 2. The van der Waals surface area contributed by atoms with Crippen molar-refractivity contribution in [3.63, 3.8) is 0 Å². The maximum Gasteiger partial charge on any atom is 0.234 e. The highest BCUT2D eigenvalue weighted by atomic mass is 32.2. The number of thioether (sulfide) groups is 2. The Kier molecular flexibility index (Phi) is 10.2. The highest BCUT2D eigenvalue weighted by molar-refractivity contribution is 8.14. The molecule has 2 unspecified atom stereocenters. The second kappa shape index (κ2) is 14.9. The van der Waals surface area contributed by atoms with Crippen molar-refractivity contribution in [1.82, 2.24) is 40.2 Å². The van der Waals surface area contributed by atoms with Crippen LogP contribution in [-0.4, -0.2) is 103 Å². The average Bonchev–Trinajstić information content (AvgIpc) is 3.93. The summed E-state index contributed by atoms with van der Waals surface area (Å²) in [6, 6.07) is 16.1. The van der Waals surface area contributed by atoms with Crippen LogP contribution >= 0.6 is 46.2 Å². The minimum absolute atomic E-state index is 0.171. The average molecular weight is 749 g/mol. The lowest BCUT2D eigenvalue weighted by Gasteiger charge is -2.41. The van der Waals surface area contributed by atoms with Crippen LogP contribution in [0.3, 0.4) is 0 Å². The van der Waals surface area contributed by atoms with Gasteiger partial charge in [0.15, 0.2) is 0 Å². The molecule has 2 atom stereocenters. The van der Waals surface area contributed by atoms with Gasteiger partial charge in [-0.3, -0.25) is 0 Å². The Morgan fingerprint density at radius 3 is 1.38 bits per heavy atom. The van der Waals surface area contributed by atoms with Crippen LogP contribution in [0.4, 0.5) is 10.3 Å². The van der Waals surface area contributed by atoms with Crippen molar-refractivity contribution in [2.24, 2.45) is 20.2 Å². The lowest BCUT2D eigenvalue weighted by atomic mass is 10.2. The first-order valence-electron chi connectivity index (χ1n) is 15.9. The number of hydrazone groups is 2. The number of aliphatic imine (C=N–C) groups is 2. The third-order valence-corrected chi connectivity index (χ3v) is 11.7. The molecule has 7 rings (SSSR count). The van der Waals surface area contributed by atoms with Crippen molar-refractivity contribution in [2.75, 3.05) is 40.4 Å². The number of methoxy groups -OCH3 is 2. The van der Waals surface area contributed by atoms with Crippen molar-refractivity contribution in [1.29, 1.82) is 0 Å². The van der Waals surface area contributed by atoms with E-state index in [4.69, 9.17) is 29.7 Å². The van der Waals surface area contributed by atoms with Crippen molar-refractivity contribution in [3.8, 4) is 11.5 Å². The molecule has 0 spiro atoms. The van der Waals surface area contributed by atoms with Gasteiger partial charge in [-0.1, -0.05) is 82.6 Å². The fourth-order valence-electron chi connectivity index (χ4n) is 5.78. The zero-order valence-corrected chi connectivity index (χ0v) is 31.7. The number of hydrogen-bond donors (Lipinski definition) is 0. The van der Waals surface area contributed by atoms with E-state index in [9.17, 15) is 0 Å². The molecular weight excluding hydrogens is 713 g/mol. The number of guanidine groups is 2. The number of aryl methyl sites for hydroxylation is 2. The predicted molar refractivity (Wildman–Crippen MR) is 203 cm³/mol. The zero-order valence-electron chi connectivity index (χ0n) is 28.4. The molecule has 3 aliphatic rings. The monoisotopic (exact) mass is 748 g/mol. The van der Waals surface area contributed by atoms with Gasteiger partial charge in [0.05, 0.1) is 24.3 Å². The summed E-state index contributed by atoms with van der Waals surface area (Å²) in [4.78, 5) is 14.7. The Morgan fingerprint density at radius 2 is 1.02 bits per heavy atom. The molecule has 2 aromatic carbocycles. The molecule has 1 saturated heterocycles. The molecule has 0 amide bonds. The first kappa shape index (κ1) is 34.2. The molecule has 50 heavy (non-hydrogen) atoms. The fraction of sp³-hybridized carbons (Fsp3) is 0.375. The first-order valence-corrected chi connectivity index (χ1v) is 19.3. The van der Waals surface area contributed by atoms with Gasteiger partial charge in [0.1, 0.15) is 32.3 Å². The molecule has 260 valence electrons. The van der Waals surface area contributed by atoms with Gasteiger partial charge >= 0.3 is 0 Å². The Balaban J connectivity index is 1.22. The van der Waals surface area contributed by atoms with Gasteiger partial charge in [-0.2, -0.15) is 20.2 Å². The third-order valence-electron chi connectivity index (χ3n) is 7.99. The maximum atomic E-state index is 5.77. The molecule has 4 aromatic rings. The molecule has 0 radical (unpaired) electrons. The Bertz CT molecular complexity index is 1830. The number of aromatic nitrogens is 4. The SMILES string of the molecule is COc1ccccc1C1SC(C)=NN1/C(=N/c1nnc(C)s1)N1CCN(/C(=N\c2nnc(C)s2)N2N=C(C)SC2c2ccccc2OC)CC1. The van der Waals surface area contributed by atoms with E-state index in [-0.39, 0.29) is 10.7 Å². The quantitative estimate of drug-likeness (QED) is 0.158. The van der Waals surface area contributed by atoms with Crippen molar-refractivity contribution < 1.29 is 9.47 Å². The Morgan fingerprint density at radius 1 is 0.620 bits per heavy atom. The van der Waals surface area contributed by atoms with Gasteiger partial charge in [-0.15, -0.1) is 20.4 Å². The van der Waals surface area contributed by atoms with Crippen LogP contribution in [0.25, 0.3) is 0 Å². The van der Waals surface area contributed by atoms with Crippen molar-refractivity contribution >= 4 is 78.5 Å². The first-order chi connectivity index (χ1) is 24.3. The summed E-state index contributed by atoms with van der Waals surface area (Å²) in [6.07, 6.45) is 0. The summed E-state index contributed by atoms with van der Waals surface area (Å²) < 4.78 is 11.5. The summed E-state index contributed by atoms with van der Waals surface area (Å²) in [5, 5.41) is 35.5.